The van der Waals surface area contributed by atoms with E-state index in [0.717, 1.165) is 35.0 Å². The van der Waals surface area contributed by atoms with Crippen LogP contribution in [0.3, 0.4) is 0 Å². The number of aliphatic hydroxyl groups is 1. The van der Waals surface area contributed by atoms with Gasteiger partial charge in [-0.25, -0.2) is 0 Å². The van der Waals surface area contributed by atoms with Crippen molar-refractivity contribution in [2.24, 2.45) is 0 Å². The molecule has 0 radical (unpaired) electrons. The Morgan fingerprint density at radius 2 is 1.89 bits per heavy atom. The Morgan fingerprint density at radius 1 is 1.11 bits per heavy atom. The van der Waals surface area contributed by atoms with E-state index in [0.29, 0.717) is 24.1 Å². The van der Waals surface area contributed by atoms with Gasteiger partial charge in [-0.3, -0.25) is 0 Å². The Bertz CT molecular complexity index is 1090. The Balaban J connectivity index is 1.46. The maximum Gasteiger partial charge on any atom is 0.274 e. The van der Waals surface area contributed by atoms with Crippen LogP contribution in [0.2, 0.25) is 0 Å². The molecule has 0 amide bonds. The zero-order valence-electron chi connectivity index (χ0n) is 21.4. The Hall–Kier alpha value is -2.19. The van der Waals surface area contributed by atoms with E-state index >= 15 is 0 Å². The molecule has 1 fully saturated rings. The molecule has 3 atom stereocenters. The van der Waals surface area contributed by atoms with Gasteiger partial charge in [0, 0.05) is 18.2 Å². The van der Waals surface area contributed by atoms with Crippen molar-refractivity contribution in [3.05, 3.63) is 53.6 Å². The predicted molar refractivity (Wildman–Crippen MR) is 141 cm³/mol. The van der Waals surface area contributed by atoms with Gasteiger partial charge in [0.2, 0.25) is 0 Å². The van der Waals surface area contributed by atoms with Gasteiger partial charge in [0.15, 0.2) is 0 Å². The summed E-state index contributed by atoms with van der Waals surface area (Å²) in [5.41, 5.74) is 2.41. The molecule has 0 bridgehead atoms. The van der Waals surface area contributed by atoms with E-state index < -0.39 is 6.10 Å². The topological polar surface area (TPSA) is 72.8 Å². The number of ether oxygens (including phenoxy) is 3. The molecule has 1 aliphatic rings. The van der Waals surface area contributed by atoms with Gasteiger partial charge >= 0.3 is 0 Å². The average Bonchev–Trinajstić information content (AvgIpc) is 3.42. The summed E-state index contributed by atoms with van der Waals surface area (Å²) in [5, 5.41) is 15.3. The van der Waals surface area contributed by atoms with Gasteiger partial charge < -0.3 is 24.6 Å². The fourth-order valence-corrected chi connectivity index (χ4v) is 5.54. The van der Waals surface area contributed by atoms with Gasteiger partial charge in [-0.2, -0.15) is 4.98 Å². The molecular weight excluding hydrogens is 460 g/mol. The number of thiazole rings is 1. The number of fused-ring (bicyclic) bond motifs is 1. The van der Waals surface area contributed by atoms with E-state index in [2.05, 4.69) is 17.4 Å². The summed E-state index contributed by atoms with van der Waals surface area (Å²) in [5.74, 6) is 0.705. The van der Waals surface area contributed by atoms with Crippen LogP contribution in [-0.2, 0) is 11.3 Å². The van der Waals surface area contributed by atoms with Crippen LogP contribution < -0.4 is 14.8 Å². The molecule has 3 aromatic rings. The lowest BCUT2D eigenvalue weighted by Crippen LogP contribution is -2.39. The second kappa shape index (κ2) is 11.2. The summed E-state index contributed by atoms with van der Waals surface area (Å²) in [4.78, 5) is 4.70. The van der Waals surface area contributed by atoms with E-state index in [4.69, 9.17) is 19.2 Å². The molecule has 190 valence electrons. The minimum absolute atomic E-state index is 0.0211. The molecular formula is C28H38N2O4S. The number of aliphatic hydroxyl groups excluding tert-OH is 1. The van der Waals surface area contributed by atoms with Crippen molar-refractivity contribution >= 4 is 21.6 Å². The van der Waals surface area contributed by atoms with Crippen molar-refractivity contribution in [3.8, 4) is 10.9 Å². The number of nitrogens with one attached hydrogen (secondary N) is 1. The molecule has 7 heteroatoms. The first-order valence-electron chi connectivity index (χ1n) is 12.6. The highest BCUT2D eigenvalue weighted by Crippen LogP contribution is 2.40. The standard InChI is InChI=1S/C28H38N2O4S/c1-18(2)33-27-30-25-24(34-28(3,4)5)15-14-20(26(25)35-27)22(31)16-29-21-12-9-13-23(21)32-17-19-10-7-6-8-11-19/h6-8,10-11,14-15,18,21-23,29,31H,9,12-13,16-17H2,1-5H3/t21?,22-,23?/m0/s1. The monoisotopic (exact) mass is 498 g/mol. The van der Waals surface area contributed by atoms with Crippen LogP contribution in [0.25, 0.3) is 10.2 Å². The highest BCUT2D eigenvalue weighted by atomic mass is 32.1. The normalized spacial score (nSPS) is 19.4. The number of hydrogen-bond acceptors (Lipinski definition) is 7. The second-order valence-electron chi connectivity index (χ2n) is 10.5. The lowest BCUT2D eigenvalue weighted by atomic mass is 10.1. The third-order valence-corrected chi connectivity index (χ3v) is 6.96. The Kier molecular flexibility index (Phi) is 8.32. The van der Waals surface area contributed by atoms with E-state index in [1.807, 2.05) is 65.0 Å². The molecule has 1 heterocycles. The van der Waals surface area contributed by atoms with Crippen molar-refractivity contribution in [1.29, 1.82) is 0 Å². The molecule has 4 rings (SSSR count). The minimum Gasteiger partial charge on any atom is -0.486 e. The highest BCUT2D eigenvalue weighted by Gasteiger charge is 2.29. The largest absolute Gasteiger partial charge is 0.486 e. The molecule has 6 nitrogen and oxygen atoms in total. The highest BCUT2D eigenvalue weighted by molar-refractivity contribution is 7.20. The molecule has 35 heavy (non-hydrogen) atoms. The van der Waals surface area contributed by atoms with E-state index in [1.165, 1.54) is 16.9 Å². The van der Waals surface area contributed by atoms with Crippen LogP contribution in [0.5, 0.6) is 10.9 Å². The lowest BCUT2D eigenvalue weighted by molar-refractivity contribution is 0.0249. The van der Waals surface area contributed by atoms with Gasteiger partial charge in [-0.15, -0.1) is 0 Å². The third-order valence-electron chi connectivity index (χ3n) is 5.96. The van der Waals surface area contributed by atoms with Crippen LogP contribution in [-0.4, -0.2) is 40.5 Å². The summed E-state index contributed by atoms with van der Waals surface area (Å²) in [7, 11) is 0. The average molecular weight is 499 g/mol. The lowest BCUT2D eigenvalue weighted by Gasteiger charge is -2.24. The molecule has 0 saturated heterocycles. The molecule has 0 aliphatic heterocycles. The second-order valence-corrected chi connectivity index (χ2v) is 11.4. The smallest absolute Gasteiger partial charge is 0.274 e. The summed E-state index contributed by atoms with van der Waals surface area (Å²) in [6.07, 6.45) is 2.71. The Morgan fingerprint density at radius 3 is 2.60 bits per heavy atom. The summed E-state index contributed by atoms with van der Waals surface area (Å²) >= 11 is 1.46. The molecule has 2 aromatic carbocycles. The van der Waals surface area contributed by atoms with Crippen molar-refractivity contribution in [3.63, 3.8) is 0 Å². The fraction of sp³-hybridized carbons (Fsp3) is 0.536. The Labute approximate surface area is 212 Å². The van der Waals surface area contributed by atoms with Crippen molar-refractivity contribution < 1.29 is 19.3 Å². The van der Waals surface area contributed by atoms with Gasteiger partial charge in [0.05, 0.1) is 29.6 Å². The van der Waals surface area contributed by atoms with Crippen LogP contribution >= 0.6 is 11.3 Å². The molecule has 2 unspecified atom stereocenters. The van der Waals surface area contributed by atoms with Crippen molar-refractivity contribution in [2.45, 2.75) is 90.4 Å². The number of hydrogen-bond donors (Lipinski definition) is 2. The number of benzene rings is 2. The molecule has 1 aromatic heterocycles. The van der Waals surface area contributed by atoms with Gasteiger partial charge in [-0.1, -0.05) is 47.7 Å². The maximum absolute atomic E-state index is 11.2. The van der Waals surface area contributed by atoms with E-state index in [-0.39, 0.29) is 23.9 Å². The summed E-state index contributed by atoms with van der Waals surface area (Å²) in [6, 6.07) is 14.4. The zero-order valence-corrected chi connectivity index (χ0v) is 22.2. The first-order chi connectivity index (χ1) is 16.7. The van der Waals surface area contributed by atoms with E-state index in [1.54, 1.807) is 0 Å². The fourth-order valence-electron chi connectivity index (χ4n) is 4.42. The first-order valence-corrected chi connectivity index (χ1v) is 13.4. The summed E-state index contributed by atoms with van der Waals surface area (Å²) < 4.78 is 19.2. The van der Waals surface area contributed by atoms with Crippen molar-refractivity contribution in [1.82, 2.24) is 10.3 Å². The van der Waals surface area contributed by atoms with E-state index in [9.17, 15) is 5.11 Å². The van der Waals surface area contributed by atoms with Crippen LogP contribution in [0.4, 0.5) is 0 Å². The predicted octanol–water partition coefficient (Wildman–Crippen LogP) is 6.02. The summed E-state index contributed by atoms with van der Waals surface area (Å²) in [6.45, 7) is 11.1. The zero-order chi connectivity index (χ0) is 25.0. The maximum atomic E-state index is 11.2. The molecule has 0 spiro atoms. The number of nitrogens with zero attached hydrogens (tertiary/aromatic N) is 1. The quantitative estimate of drug-likeness (QED) is 0.356. The third kappa shape index (κ3) is 6.94. The van der Waals surface area contributed by atoms with Crippen LogP contribution in [0.15, 0.2) is 42.5 Å². The van der Waals surface area contributed by atoms with Gasteiger partial charge in [-0.05, 0) is 65.5 Å². The number of rotatable bonds is 10. The van der Waals surface area contributed by atoms with Crippen LogP contribution in [0.1, 0.15) is 71.1 Å². The SMILES string of the molecule is CC(C)Oc1nc2c(OC(C)(C)C)ccc([C@@H](O)CNC3CCCC3OCc3ccccc3)c2s1. The number of aromatic nitrogens is 1. The molecule has 1 saturated carbocycles. The van der Waals surface area contributed by atoms with Gasteiger partial charge in [0.25, 0.3) is 5.19 Å². The molecule has 1 aliphatic carbocycles. The minimum atomic E-state index is -0.677. The van der Waals surface area contributed by atoms with Gasteiger partial charge in [0.1, 0.15) is 16.9 Å². The van der Waals surface area contributed by atoms with Crippen LogP contribution in [0, 0.1) is 0 Å². The first kappa shape index (κ1) is 25.9. The van der Waals surface area contributed by atoms with Crippen molar-refractivity contribution in [2.75, 3.05) is 6.54 Å². The molecule has 2 N–H and O–H groups in total.